The molecule has 0 saturated carbocycles. The Balaban J connectivity index is 0.00000261. The van der Waals surface area contributed by atoms with Crippen LogP contribution in [0.4, 0.5) is 8.78 Å². The summed E-state index contributed by atoms with van der Waals surface area (Å²) in [5.41, 5.74) is 0.553. The summed E-state index contributed by atoms with van der Waals surface area (Å²) >= 11 is 0. The van der Waals surface area contributed by atoms with Gasteiger partial charge in [-0.3, -0.25) is 4.79 Å². The molecule has 0 aromatic heterocycles. The smallest absolute Gasteiger partial charge is 0.257 e. The number of benzene rings is 2. The normalized spacial score (nSPS) is 16.4. The van der Waals surface area contributed by atoms with E-state index in [1.54, 1.807) is 17.0 Å². The second kappa shape index (κ2) is 9.01. The molecule has 1 amide bonds. The molecular formula is C19H21ClF2N2O3. The number of piperazine rings is 1. The number of nitrogens with zero attached hydrogens (tertiary/aromatic N) is 1. The Hall–Kier alpha value is -2.38. The molecule has 0 bridgehead atoms. The molecule has 2 aromatic carbocycles. The zero-order chi connectivity index (χ0) is 18.7. The monoisotopic (exact) mass is 398 g/mol. The van der Waals surface area contributed by atoms with Crippen molar-refractivity contribution in [2.75, 3.05) is 33.9 Å². The number of halogens is 3. The summed E-state index contributed by atoms with van der Waals surface area (Å²) in [5.74, 6) is -1.06. The van der Waals surface area contributed by atoms with Crippen molar-refractivity contribution in [1.29, 1.82) is 0 Å². The Morgan fingerprint density at radius 1 is 1.15 bits per heavy atom. The van der Waals surface area contributed by atoms with Crippen LogP contribution in [0.25, 0.3) is 0 Å². The van der Waals surface area contributed by atoms with Gasteiger partial charge >= 0.3 is 0 Å². The molecule has 1 atom stereocenters. The maximum Gasteiger partial charge on any atom is 0.257 e. The zero-order valence-electron chi connectivity index (χ0n) is 15.0. The molecule has 0 spiro atoms. The van der Waals surface area contributed by atoms with Gasteiger partial charge in [-0.15, -0.1) is 12.4 Å². The Morgan fingerprint density at radius 2 is 1.85 bits per heavy atom. The first-order valence-electron chi connectivity index (χ1n) is 8.23. The highest BCUT2D eigenvalue weighted by Crippen LogP contribution is 2.32. The lowest BCUT2D eigenvalue weighted by molar-refractivity contribution is 0.0628. The summed E-state index contributed by atoms with van der Waals surface area (Å²) in [4.78, 5) is 14.6. The van der Waals surface area contributed by atoms with Gasteiger partial charge in [-0.25, -0.2) is 8.78 Å². The number of carbonyl (C=O) groups excluding carboxylic acids is 1. The number of rotatable bonds is 4. The molecule has 1 N–H and O–H groups in total. The molecule has 146 valence electrons. The molecule has 8 heteroatoms. The number of hydrogen-bond donors (Lipinski definition) is 1. The Kier molecular flexibility index (Phi) is 6.98. The summed E-state index contributed by atoms with van der Waals surface area (Å²) in [5, 5.41) is 3.19. The summed E-state index contributed by atoms with van der Waals surface area (Å²) < 4.78 is 38.3. The molecule has 0 aliphatic carbocycles. The lowest BCUT2D eigenvalue weighted by Gasteiger charge is -2.36. The van der Waals surface area contributed by atoms with Crippen LogP contribution in [0, 0.1) is 11.6 Å². The predicted molar refractivity (Wildman–Crippen MR) is 99.8 cm³/mol. The van der Waals surface area contributed by atoms with Crippen molar-refractivity contribution in [1.82, 2.24) is 10.2 Å². The molecule has 1 aliphatic rings. The van der Waals surface area contributed by atoms with Crippen molar-refractivity contribution >= 4 is 18.3 Å². The van der Waals surface area contributed by atoms with Gasteiger partial charge in [0, 0.05) is 25.7 Å². The minimum Gasteiger partial charge on any atom is -0.493 e. The second-order valence-electron chi connectivity index (χ2n) is 5.96. The number of amides is 1. The molecule has 3 rings (SSSR count). The maximum absolute atomic E-state index is 14.5. The molecule has 1 fully saturated rings. The van der Waals surface area contributed by atoms with Gasteiger partial charge in [0.2, 0.25) is 0 Å². The van der Waals surface area contributed by atoms with Gasteiger partial charge < -0.3 is 19.7 Å². The molecule has 27 heavy (non-hydrogen) atoms. The van der Waals surface area contributed by atoms with Crippen LogP contribution in [0.1, 0.15) is 22.0 Å². The van der Waals surface area contributed by atoms with Gasteiger partial charge in [0.25, 0.3) is 5.91 Å². The fraction of sp³-hybridized carbons (Fsp3) is 0.316. The third-order valence-electron chi connectivity index (χ3n) is 4.44. The van der Waals surface area contributed by atoms with Crippen molar-refractivity contribution in [3.05, 3.63) is 59.2 Å². The van der Waals surface area contributed by atoms with E-state index >= 15 is 0 Å². The molecule has 2 aromatic rings. The lowest BCUT2D eigenvalue weighted by atomic mass is 10.0. The Labute approximate surface area is 162 Å². The van der Waals surface area contributed by atoms with E-state index in [9.17, 15) is 13.6 Å². The van der Waals surface area contributed by atoms with Gasteiger partial charge in [-0.05, 0) is 23.8 Å². The summed E-state index contributed by atoms with van der Waals surface area (Å²) in [6.45, 7) is 1.42. The predicted octanol–water partition coefficient (Wildman–Crippen LogP) is 3.19. The molecule has 5 nitrogen and oxygen atoms in total. The van der Waals surface area contributed by atoms with E-state index in [-0.39, 0.29) is 41.3 Å². The maximum atomic E-state index is 14.5. The average molecular weight is 399 g/mol. The van der Waals surface area contributed by atoms with Crippen LogP contribution >= 0.6 is 12.4 Å². The number of methoxy groups -OCH3 is 2. The zero-order valence-corrected chi connectivity index (χ0v) is 15.8. The summed E-state index contributed by atoms with van der Waals surface area (Å²) in [6.07, 6.45) is 0. The van der Waals surface area contributed by atoms with Gasteiger partial charge in [0.05, 0.1) is 25.8 Å². The lowest BCUT2D eigenvalue weighted by Crippen LogP contribution is -2.48. The third-order valence-corrected chi connectivity index (χ3v) is 4.44. The van der Waals surface area contributed by atoms with Crippen LogP contribution in [0.2, 0.25) is 0 Å². The van der Waals surface area contributed by atoms with Gasteiger partial charge in [0.15, 0.2) is 11.5 Å². The van der Waals surface area contributed by atoms with Crippen molar-refractivity contribution in [2.45, 2.75) is 6.04 Å². The van der Waals surface area contributed by atoms with Crippen LogP contribution < -0.4 is 14.8 Å². The third kappa shape index (κ3) is 4.31. The average Bonchev–Trinajstić information content (AvgIpc) is 2.67. The number of nitrogens with one attached hydrogen (secondary N) is 1. The van der Waals surface area contributed by atoms with Crippen LogP contribution in [-0.4, -0.2) is 44.7 Å². The highest BCUT2D eigenvalue weighted by Gasteiger charge is 2.31. The van der Waals surface area contributed by atoms with Gasteiger partial charge in [0.1, 0.15) is 11.6 Å². The first-order valence-corrected chi connectivity index (χ1v) is 8.23. The Morgan fingerprint density at radius 3 is 2.52 bits per heavy atom. The first-order chi connectivity index (χ1) is 12.5. The quantitative estimate of drug-likeness (QED) is 0.859. The molecule has 0 radical (unpaired) electrons. The van der Waals surface area contributed by atoms with Crippen LogP contribution in [-0.2, 0) is 0 Å². The fourth-order valence-electron chi connectivity index (χ4n) is 3.13. The van der Waals surface area contributed by atoms with E-state index in [0.717, 1.165) is 6.07 Å². The Bertz CT molecular complexity index is 820. The van der Waals surface area contributed by atoms with E-state index in [1.807, 2.05) is 0 Å². The van der Waals surface area contributed by atoms with Crippen molar-refractivity contribution < 1.29 is 23.0 Å². The molecule has 1 aliphatic heterocycles. The van der Waals surface area contributed by atoms with Crippen LogP contribution in [0.15, 0.2) is 36.4 Å². The van der Waals surface area contributed by atoms with E-state index in [4.69, 9.17) is 9.47 Å². The van der Waals surface area contributed by atoms with E-state index < -0.39 is 11.7 Å². The topological polar surface area (TPSA) is 50.8 Å². The minimum atomic E-state index is -0.691. The molecule has 1 unspecified atom stereocenters. The summed E-state index contributed by atoms with van der Waals surface area (Å²) in [7, 11) is 2.82. The van der Waals surface area contributed by atoms with Crippen LogP contribution in [0.3, 0.4) is 0 Å². The van der Waals surface area contributed by atoms with Crippen molar-refractivity contribution in [2.24, 2.45) is 0 Å². The summed E-state index contributed by atoms with van der Waals surface area (Å²) in [6, 6.07) is 8.17. The SMILES string of the molecule is COc1cc(F)c(C(=O)N2CCNCC2c2cccc(F)c2)cc1OC.Cl. The van der Waals surface area contributed by atoms with Crippen molar-refractivity contribution in [3.8, 4) is 11.5 Å². The molecule has 1 heterocycles. The molecule has 1 saturated heterocycles. The van der Waals surface area contributed by atoms with Crippen LogP contribution in [0.5, 0.6) is 11.5 Å². The minimum absolute atomic E-state index is 0. The van der Waals surface area contributed by atoms with E-state index in [0.29, 0.717) is 25.2 Å². The highest BCUT2D eigenvalue weighted by molar-refractivity contribution is 5.95. The highest BCUT2D eigenvalue weighted by atomic mass is 35.5. The standard InChI is InChI=1S/C19H20F2N2O3.ClH/c1-25-17-9-14(15(21)10-18(17)26-2)19(24)23-7-6-22-11-16(23)12-4-3-5-13(20)8-12;/h3-5,8-10,16,22H,6-7,11H2,1-2H3;1H. The van der Waals surface area contributed by atoms with E-state index in [1.165, 1.54) is 32.4 Å². The van der Waals surface area contributed by atoms with Gasteiger partial charge in [-0.1, -0.05) is 12.1 Å². The number of carbonyl (C=O) groups is 1. The van der Waals surface area contributed by atoms with E-state index in [2.05, 4.69) is 5.32 Å². The largest absolute Gasteiger partial charge is 0.493 e. The number of ether oxygens (including phenoxy) is 2. The number of hydrogen-bond acceptors (Lipinski definition) is 4. The second-order valence-corrected chi connectivity index (χ2v) is 5.96. The molecular weight excluding hydrogens is 378 g/mol. The fourth-order valence-corrected chi connectivity index (χ4v) is 3.13. The van der Waals surface area contributed by atoms with Gasteiger partial charge in [-0.2, -0.15) is 0 Å². The first kappa shape index (κ1) is 20.9. The van der Waals surface area contributed by atoms with Crippen molar-refractivity contribution in [3.63, 3.8) is 0 Å².